The molecule has 0 aliphatic heterocycles. The third-order valence-corrected chi connectivity index (χ3v) is 5.58. The molecule has 110 valence electrons. The summed E-state index contributed by atoms with van der Waals surface area (Å²) in [6, 6.07) is 2.45. The van der Waals surface area contributed by atoms with Crippen LogP contribution in [0.5, 0.6) is 0 Å². The number of hydrogen-bond acceptors (Lipinski definition) is 6. The number of thioether (sulfide) groups is 1. The van der Waals surface area contributed by atoms with E-state index in [0.29, 0.717) is 6.04 Å². The molecule has 3 rings (SSSR count). The predicted molar refractivity (Wildman–Crippen MR) is 83.2 cm³/mol. The number of aromatic nitrogens is 4. The Labute approximate surface area is 131 Å². The number of aliphatic hydroxyl groups excluding tert-OH is 1. The fraction of sp³-hybridized carbons (Fsp3) is 0.500. The van der Waals surface area contributed by atoms with Crippen LogP contribution in [0.15, 0.2) is 16.6 Å². The molecule has 0 bridgehead atoms. The number of aliphatic hydroxyl groups is 1. The van der Waals surface area contributed by atoms with Crippen molar-refractivity contribution in [1.29, 1.82) is 0 Å². The van der Waals surface area contributed by atoms with Crippen molar-refractivity contribution in [3.05, 3.63) is 21.9 Å². The molecular weight excluding hydrogens is 304 g/mol. The Morgan fingerprint density at radius 3 is 3.10 bits per heavy atom. The van der Waals surface area contributed by atoms with E-state index >= 15 is 0 Å². The Bertz CT molecular complexity index is 649. The molecule has 5 nitrogen and oxygen atoms in total. The van der Waals surface area contributed by atoms with E-state index in [1.807, 2.05) is 16.1 Å². The lowest BCUT2D eigenvalue weighted by atomic mass is 10.3. The molecule has 2 heterocycles. The first-order valence-electron chi connectivity index (χ1n) is 6.95. The molecule has 1 aliphatic rings. The topological polar surface area (TPSA) is 63.8 Å². The van der Waals surface area contributed by atoms with Crippen molar-refractivity contribution in [1.82, 2.24) is 20.2 Å². The largest absolute Gasteiger partial charge is 0.384 e. The van der Waals surface area contributed by atoms with Crippen molar-refractivity contribution in [2.75, 3.05) is 6.61 Å². The Kier molecular flexibility index (Phi) is 4.91. The first kappa shape index (κ1) is 14.6. The number of rotatable bonds is 4. The molecule has 0 spiro atoms. The fourth-order valence-corrected chi connectivity index (χ4v) is 4.38. The minimum atomic E-state index is -0.109. The number of tetrazole rings is 1. The third-order valence-electron chi connectivity index (χ3n) is 3.51. The van der Waals surface area contributed by atoms with Gasteiger partial charge >= 0.3 is 0 Å². The Morgan fingerprint density at radius 1 is 1.43 bits per heavy atom. The van der Waals surface area contributed by atoms with Crippen LogP contribution in [0.1, 0.15) is 42.2 Å². The Hall–Kier alpha value is -1.36. The van der Waals surface area contributed by atoms with Crippen molar-refractivity contribution in [3.63, 3.8) is 0 Å². The average molecular weight is 320 g/mol. The molecule has 1 aliphatic carbocycles. The zero-order chi connectivity index (χ0) is 14.5. The molecule has 0 unspecified atom stereocenters. The highest BCUT2D eigenvalue weighted by Crippen LogP contribution is 2.33. The molecule has 7 heteroatoms. The van der Waals surface area contributed by atoms with Crippen molar-refractivity contribution in [3.8, 4) is 11.8 Å². The van der Waals surface area contributed by atoms with E-state index in [1.165, 1.54) is 30.6 Å². The fourth-order valence-electron chi connectivity index (χ4n) is 2.49. The normalized spacial score (nSPS) is 15.1. The molecule has 0 saturated heterocycles. The predicted octanol–water partition coefficient (Wildman–Crippen LogP) is 2.49. The first-order chi connectivity index (χ1) is 10.4. The van der Waals surface area contributed by atoms with Gasteiger partial charge in [0.1, 0.15) is 6.61 Å². The van der Waals surface area contributed by atoms with Crippen LogP contribution in [0, 0.1) is 11.8 Å². The van der Waals surface area contributed by atoms with E-state index in [0.717, 1.165) is 16.5 Å². The first-order valence-corrected chi connectivity index (χ1v) is 8.82. The van der Waals surface area contributed by atoms with Crippen LogP contribution in [0.25, 0.3) is 0 Å². The highest BCUT2D eigenvalue weighted by atomic mass is 32.2. The third kappa shape index (κ3) is 3.46. The van der Waals surface area contributed by atoms with Gasteiger partial charge in [0, 0.05) is 16.2 Å². The molecule has 0 atom stereocenters. The quantitative estimate of drug-likeness (QED) is 0.692. The van der Waals surface area contributed by atoms with Gasteiger partial charge in [-0.15, -0.1) is 16.4 Å². The van der Waals surface area contributed by atoms with Gasteiger partial charge in [0.05, 0.1) is 6.04 Å². The van der Waals surface area contributed by atoms with Gasteiger partial charge in [-0.25, -0.2) is 4.68 Å². The van der Waals surface area contributed by atoms with Crippen LogP contribution < -0.4 is 0 Å². The number of thiophene rings is 1. The SMILES string of the molecule is OCC#Cc1ccsc1CSc1nnnn1C1CCCC1. The van der Waals surface area contributed by atoms with Gasteiger partial charge in [-0.2, -0.15) is 0 Å². The summed E-state index contributed by atoms with van der Waals surface area (Å²) in [5.74, 6) is 6.48. The molecule has 0 radical (unpaired) electrons. The zero-order valence-electron chi connectivity index (χ0n) is 11.5. The maximum absolute atomic E-state index is 8.79. The van der Waals surface area contributed by atoms with Gasteiger partial charge in [-0.05, 0) is 34.7 Å². The van der Waals surface area contributed by atoms with Crippen LogP contribution in [-0.4, -0.2) is 31.9 Å². The second-order valence-corrected chi connectivity index (χ2v) is 6.79. The minimum Gasteiger partial charge on any atom is -0.384 e. The molecular formula is C14H16N4OS2. The van der Waals surface area contributed by atoms with E-state index < -0.39 is 0 Å². The van der Waals surface area contributed by atoms with E-state index in [4.69, 9.17) is 5.11 Å². The lowest BCUT2D eigenvalue weighted by molar-refractivity contribution is 0.350. The van der Waals surface area contributed by atoms with E-state index in [-0.39, 0.29) is 6.61 Å². The van der Waals surface area contributed by atoms with E-state index in [9.17, 15) is 0 Å². The highest BCUT2D eigenvalue weighted by Gasteiger charge is 2.21. The standard InChI is InChI=1S/C14H16N4OS2/c19-8-3-4-11-7-9-20-13(11)10-21-14-15-16-17-18(14)12-5-1-2-6-12/h7,9,12,19H,1-2,5-6,8,10H2. The Morgan fingerprint density at radius 2 is 2.29 bits per heavy atom. The van der Waals surface area contributed by atoms with Gasteiger partial charge < -0.3 is 5.11 Å². The number of hydrogen-bond donors (Lipinski definition) is 1. The smallest absolute Gasteiger partial charge is 0.209 e. The van der Waals surface area contributed by atoms with Crippen LogP contribution in [-0.2, 0) is 5.75 Å². The summed E-state index contributed by atoms with van der Waals surface area (Å²) < 4.78 is 1.98. The summed E-state index contributed by atoms with van der Waals surface area (Å²) in [6.07, 6.45) is 4.87. The average Bonchev–Trinajstić information content (AvgIpc) is 3.22. The van der Waals surface area contributed by atoms with Gasteiger partial charge in [-0.1, -0.05) is 36.4 Å². The minimum absolute atomic E-state index is 0.109. The molecule has 21 heavy (non-hydrogen) atoms. The maximum Gasteiger partial charge on any atom is 0.209 e. The summed E-state index contributed by atoms with van der Waals surface area (Å²) in [4.78, 5) is 1.20. The lowest BCUT2D eigenvalue weighted by Gasteiger charge is -2.10. The van der Waals surface area contributed by atoms with Crippen LogP contribution >= 0.6 is 23.1 Å². The molecule has 0 aromatic carbocycles. The number of nitrogens with zero attached hydrogens (tertiary/aromatic N) is 4. The summed E-state index contributed by atoms with van der Waals surface area (Å²) in [5, 5.41) is 23.8. The molecule has 0 amide bonds. The molecule has 1 saturated carbocycles. The molecule has 1 N–H and O–H groups in total. The van der Waals surface area contributed by atoms with Gasteiger partial charge in [0.2, 0.25) is 5.16 Å². The monoisotopic (exact) mass is 320 g/mol. The molecule has 1 fully saturated rings. The van der Waals surface area contributed by atoms with E-state index in [2.05, 4.69) is 27.4 Å². The molecule has 2 aromatic rings. The molecule has 2 aromatic heterocycles. The van der Waals surface area contributed by atoms with Crippen LogP contribution in [0.4, 0.5) is 0 Å². The zero-order valence-corrected chi connectivity index (χ0v) is 13.2. The van der Waals surface area contributed by atoms with Crippen molar-refractivity contribution in [2.45, 2.75) is 42.6 Å². The summed E-state index contributed by atoms with van der Waals surface area (Å²) in [6.45, 7) is -0.109. The highest BCUT2D eigenvalue weighted by molar-refractivity contribution is 7.98. The summed E-state index contributed by atoms with van der Waals surface area (Å²) >= 11 is 3.33. The van der Waals surface area contributed by atoms with Gasteiger partial charge in [-0.3, -0.25) is 0 Å². The van der Waals surface area contributed by atoms with Crippen molar-refractivity contribution < 1.29 is 5.11 Å². The van der Waals surface area contributed by atoms with Crippen molar-refractivity contribution in [2.24, 2.45) is 0 Å². The second-order valence-electron chi connectivity index (χ2n) is 4.85. The maximum atomic E-state index is 8.79. The van der Waals surface area contributed by atoms with Crippen molar-refractivity contribution >= 4 is 23.1 Å². The van der Waals surface area contributed by atoms with Crippen LogP contribution in [0.3, 0.4) is 0 Å². The summed E-state index contributed by atoms with van der Waals surface area (Å²) in [7, 11) is 0. The van der Waals surface area contributed by atoms with Gasteiger partial charge in [0.25, 0.3) is 0 Å². The Balaban J connectivity index is 1.68. The lowest BCUT2D eigenvalue weighted by Crippen LogP contribution is -2.08. The summed E-state index contributed by atoms with van der Waals surface area (Å²) in [5.41, 5.74) is 0.987. The van der Waals surface area contributed by atoms with E-state index in [1.54, 1.807) is 23.1 Å². The van der Waals surface area contributed by atoms with Gasteiger partial charge in [0.15, 0.2) is 0 Å². The van der Waals surface area contributed by atoms with Crippen LogP contribution in [0.2, 0.25) is 0 Å². The second kappa shape index (κ2) is 7.07.